The summed E-state index contributed by atoms with van der Waals surface area (Å²) in [5, 5.41) is 3.35. The Morgan fingerprint density at radius 3 is 2.64 bits per heavy atom. The number of hydrogen-bond donors (Lipinski definition) is 1. The molecule has 0 radical (unpaired) electrons. The third kappa shape index (κ3) is 3.76. The number of rotatable bonds is 5. The molecule has 2 aliphatic heterocycles. The van der Waals surface area contributed by atoms with Crippen molar-refractivity contribution in [2.24, 2.45) is 16.8 Å². The predicted octanol–water partition coefficient (Wildman–Crippen LogP) is 1.69. The van der Waals surface area contributed by atoms with Crippen LogP contribution in [0.4, 0.5) is 14.7 Å². The monoisotopic (exact) mass is 390 g/mol. The second-order valence-corrected chi connectivity index (χ2v) is 7.77. The number of anilines is 1. The zero-order chi connectivity index (χ0) is 19.7. The van der Waals surface area contributed by atoms with E-state index in [9.17, 15) is 13.6 Å². The fourth-order valence-corrected chi connectivity index (χ4v) is 4.69. The van der Waals surface area contributed by atoms with Gasteiger partial charge in [-0.05, 0) is 37.5 Å². The SMILES string of the molecule is C=N/C=C1/CC(F)(F)CN1C(=O)CNC1C2CCC1CN(c1ncccn1)C2. The van der Waals surface area contributed by atoms with E-state index in [4.69, 9.17) is 0 Å². The van der Waals surface area contributed by atoms with Crippen LogP contribution in [0, 0.1) is 11.8 Å². The van der Waals surface area contributed by atoms with Crippen LogP contribution in [0.2, 0.25) is 0 Å². The van der Waals surface area contributed by atoms with Crippen molar-refractivity contribution in [2.45, 2.75) is 31.2 Å². The van der Waals surface area contributed by atoms with E-state index >= 15 is 0 Å². The number of piperidine rings is 1. The molecule has 150 valence electrons. The number of alkyl halides is 2. The highest BCUT2D eigenvalue weighted by molar-refractivity contribution is 5.80. The van der Waals surface area contributed by atoms with Crippen molar-refractivity contribution in [3.63, 3.8) is 0 Å². The summed E-state index contributed by atoms with van der Waals surface area (Å²) < 4.78 is 27.5. The minimum absolute atomic E-state index is 0.0457. The molecule has 3 heterocycles. The highest BCUT2D eigenvalue weighted by Gasteiger charge is 2.45. The lowest BCUT2D eigenvalue weighted by Crippen LogP contribution is -2.53. The van der Waals surface area contributed by atoms with Crippen LogP contribution in [0.15, 0.2) is 35.3 Å². The maximum Gasteiger partial charge on any atom is 0.271 e. The predicted molar refractivity (Wildman–Crippen MR) is 101 cm³/mol. The largest absolute Gasteiger partial charge is 0.340 e. The van der Waals surface area contributed by atoms with Gasteiger partial charge in [0.1, 0.15) is 0 Å². The Morgan fingerprint density at radius 2 is 2.00 bits per heavy atom. The Hall–Kier alpha value is -2.42. The normalized spacial score (nSPS) is 30.1. The Bertz CT molecular complexity index is 757. The van der Waals surface area contributed by atoms with Crippen LogP contribution in [0.25, 0.3) is 0 Å². The van der Waals surface area contributed by atoms with Crippen molar-refractivity contribution in [3.8, 4) is 0 Å². The number of allylic oxidation sites excluding steroid dienone is 1. The van der Waals surface area contributed by atoms with Crippen LogP contribution in [-0.4, -0.2) is 65.6 Å². The smallest absolute Gasteiger partial charge is 0.271 e. The van der Waals surface area contributed by atoms with Gasteiger partial charge in [0.25, 0.3) is 5.92 Å². The first-order valence-corrected chi connectivity index (χ1v) is 9.55. The van der Waals surface area contributed by atoms with Crippen molar-refractivity contribution in [2.75, 3.05) is 31.1 Å². The van der Waals surface area contributed by atoms with Crippen LogP contribution in [0.1, 0.15) is 19.3 Å². The molecule has 1 amide bonds. The topological polar surface area (TPSA) is 73.7 Å². The molecule has 4 rings (SSSR count). The molecule has 2 saturated heterocycles. The summed E-state index contributed by atoms with van der Waals surface area (Å²) in [5.41, 5.74) is 0.228. The summed E-state index contributed by atoms with van der Waals surface area (Å²) in [6.07, 6.45) is 6.41. The summed E-state index contributed by atoms with van der Waals surface area (Å²) in [6.45, 7) is 4.43. The minimum atomic E-state index is -2.91. The number of amides is 1. The number of nitrogens with one attached hydrogen (secondary N) is 1. The Kier molecular flexibility index (Phi) is 5.09. The molecular formula is C19H24F2N6O. The van der Waals surface area contributed by atoms with Gasteiger partial charge in [-0.2, -0.15) is 0 Å². The van der Waals surface area contributed by atoms with Crippen molar-refractivity contribution >= 4 is 18.6 Å². The zero-order valence-corrected chi connectivity index (χ0v) is 15.6. The lowest BCUT2D eigenvalue weighted by molar-refractivity contribution is -0.129. The maximum atomic E-state index is 13.7. The first-order valence-electron chi connectivity index (χ1n) is 9.55. The second-order valence-electron chi connectivity index (χ2n) is 7.77. The van der Waals surface area contributed by atoms with Crippen molar-refractivity contribution < 1.29 is 13.6 Å². The lowest BCUT2D eigenvalue weighted by atomic mass is 9.92. The average Bonchev–Trinajstić information content (AvgIpc) is 3.11. The van der Waals surface area contributed by atoms with Crippen molar-refractivity contribution in [3.05, 3.63) is 30.4 Å². The quantitative estimate of drug-likeness (QED) is 0.775. The first-order chi connectivity index (χ1) is 13.5. The Morgan fingerprint density at radius 1 is 1.32 bits per heavy atom. The number of aliphatic imine (C=N–C) groups is 1. The molecule has 0 spiro atoms. The molecule has 7 nitrogen and oxygen atoms in total. The van der Waals surface area contributed by atoms with Gasteiger partial charge >= 0.3 is 0 Å². The number of fused-ring (bicyclic) bond motifs is 2. The molecule has 2 unspecified atom stereocenters. The van der Waals surface area contributed by atoms with Gasteiger partial charge in [0.05, 0.1) is 19.5 Å². The Balaban J connectivity index is 1.36. The highest BCUT2D eigenvalue weighted by Crippen LogP contribution is 2.38. The molecule has 3 fully saturated rings. The number of carbonyl (C=O) groups is 1. The van der Waals surface area contributed by atoms with E-state index in [1.165, 1.54) is 6.20 Å². The van der Waals surface area contributed by atoms with Crippen LogP contribution >= 0.6 is 0 Å². The van der Waals surface area contributed by atoms with Crippen molar-refractivity contribution in [1.29, 1.82) is 0 Å². The highest BCUT2D eigenvalue weighted by atomic mass is 19.3. The molecule has 3 aliphatic rings. The molecule has 9 heteroatoms. The lowest BCUT2D eigenvalue weighted by Gasteiger charge is -2.38. The molecule has 2 bridgehead atoms. The minimum Gasteiger partial charge on any atom is -0.340 e. The summed E-state index contributed by atoms with van der Waals surface area (Å²) in [4.78, 5) is 28.1. The number of carbonyl (C=O) groups excluding carboxylic acids is 1. The van der Waals surface area contributed by atoms with E-state index in [2.05, 4.69) is 31.9 Å². The number of nitrogens with zero attached hydrogens (tertiary/aromatic N) is 5. The zero-order valence-electron chi connectivity index (χ0n) is 15.6. The third-order valence-electron chi connectivity index (χ3n) is 5.88. The van der Waals surface area contributed by atoms with Crippen LogP contribution < -0.4 is 10.2 Å². The standard InChI is InChI=1S/C19H24F2N6O/c1-22-8-15-7-19(20,21)12-27(15)16(28)9-25-17-13-3-4-14(17)11-26(10-13)18-23-5-2-6-24-18/h2,5-6,8,13-14,17,25H,1,3-4,7,9-12H2/b15-8-. The summed E-state index contributed by atoms with van der Waals surface area (Å²) in [7, 11) is 0. The number of aromatic nitrogens is 2. The fraction of sp³-hybridized carbons (Fsp3) is 0.579. The van der Waals surface area contributed by atoms with E-state index in [0.29, 0.717) is 11.8 Å². The van der Waals surface area contributed by atoms with E-state index in [-0.39, 0.29) is 24.2 Å². The van der Waals surface area contributed by atoms with E-state index in [1.54, 1.807) is 18.5 Å². The van der Waals surface area contributed by atoms with E-state index in [0.717, 1.165) is 36.8 Å². The van der Waals surface area contributed by atoms with Gasteiger partial charge < -0.3 is 15.1 Å². The summed E-state index contributed by atoms with van der Waals surface area (Å²) >= 11 is 0. The van der Waals surface area contributed by atoms with Gasteiger partial charge in [0.2, 0.25) is 11.9 Å². The van der Waals surface area contributed by atoms with Crippen LogP contribution in [0.3, 0.4) is 0 Å². The number of hydrogen-bond acceptors (Lipinski definition) is 6. The van der Waals surface area contributed by atoms with Gasteiger partial charge in [-0.15, -0.1) is 0 Å². The molecule has 1 aromatic heterocycles. The molecule has 1 N–H and O–H groups in total. The van der Waals surface area contributed by atoms with Crippen LogP contribution in [-0.2, 0) is 4.79 Å². The van der Waals surface area contributed by atoms with E-state index in [1.807, 2.05) is 0 Å². The van der Waals surface area contributed by atoms with Crippen LogP contribution in [0.5, 0.6) is 0 Å². The van der Waals surface area contributed by atoms with Crippen molar-refractivity contribution in [1.82, 2.24) is 20.2 Å². The fourth-order valence-electron chi connectivity index (χ4n) is 4.69. The average molecular weight is 390 g/mol. The van der Waals surface area contributed by atoms with Gasteiger partial charge in [0.15, 0.2) is 0 Å². The number of halogens is 2. The number of likely N-dealkylation sites (tertiary alicyclic amines) is 1. The molecule has 1 saturated carbocycles. The maximum absolute atomic E-state index is 13.7. The second kappa shape index (κ2) is 7.54. The third-order valence-corrected chi connectivity index (χ3v) is 5.88. The Labute approximate surface area is 162 Å². The molecule has 0 aromatic carbocycles. The molecule has 1 aromatic rings. The molecule has 28 heavy (non-hydrogen) atoms. The van der Waals surface area contributed by atoms with Gasteiger partial charge in [0, 0.05) is 43.4 Å². The van der Waals surface area contributed by atoms with E-state index < -0.39 is 18.9 Å². The summed E-state index contributed by atoms with van der Waals surface area (Å²) in [5.74, 6) is -1.74. The summed E-state index contributed by atoms with van der Waals surface area (Å²) in [6, 6.07) is 2.00. The molecule has 1 aliphatic carbocycles. The van der Waals surface area contributed by atoms with Gasteiger partial charge in [-0.25, -0.2) is 18.7 Å². The molecule has 2 atom stereocenters. The van der Waals surface area contributed by atoms with Gasteiger partial charge in [-0.3, -0.25) is 9.79 Å². The molecular weight excluding hydrogens is 366 g/mol. The van der Waals surface area contributed by atoms with Gasteiger partial charge in [-0.1, -0.05) is 0 Å². The first kappa shape index (κ1) is 18.9.